The number of halogens is 1. The summed E-state index contributed by atoms with van der Waals surface area (Å²) < 4.78 is 0. The number of hydrogen-bond donors (Lipinski definition) is 0. The molecule has 3 aromatic rings. The van der Waals surface area contributed by atoms with Crippen molar-refractivity contribution < 1.29 is 4.79 Å². The number of aromatic nitrogens is 1. The molecule has 0 fully saturated rings. The fourth-order valence-corrected chi connectivity index (χ4v) is 2.38. The fourth-order valence-electron chi connectivity index (χ4n) is 2.21. The molecule has 20 heavy (non-hydrogen) atoms. The first-order valence-electron chi connectivity index (χ1n) is 6.31. The van der Waals surface area contributed by atoms with E-state index in [0.717, 1.165) is 16.5 Å². The molecule has 0 aliphatic heterocycles. The largest absolute Gasteiger partial charge is 0.289 e. The highest BCUT2D eigenvalue weighted by atomic mass is 35.5. The minimum atomic E-state index is -0.0178. The molecule has 0 radical (unpaired) electrons. The summed E-state index contributed by atoms with van der Waals surface area (Å²) in [5, 5.41) is 1.53. The molecule has 0 unspecified atom stereocenters. The molecule has 1 heterocycles. The van der Waals surface area contributed by atoms with E-state index < -0.39 is 0 Å². The smallest absolute Gasteiger partial charge is 0.193 e. The van der Waals surface area contributed by atoms with Crippen molar-refractivity contribution in [1.29, 1.82) is 0 Å². The van der Waals surface area contributed by atoms with Gasteiger partial charge < -0.3 is 0 Å². The van der Waals surface area contributed by atoms with Gasteiger partial charge in [-0.3, -0.25) is 9.78 Å². The average molecular weight is 282 g/mol. The van der Waals surface area contributed by atoms with Crippen LogP contribution in [0.2, 0.25) is 5.02 Å². The summed E-state index contributed by atoms with van der Waals surface area (Å²) in [6, 6.07) is 14.7. The standard InChI is InChI=1S/C17H12ClNO/c1-11-4-6-14(18)10-15(11)17(20)13-5-7-16-12(9-13)3-2-8-19-16/h2-10H,1H3. The molecule has 0 amide bonds. The number of fused-ring (bicyclic) bond motifs is 1. The van der Waals surface area contributed by atoms with Gasteiger partial charge in [0.05, 0.1) is 5.52 Å². The average Bonchev–Trinajstić information content (AvgIpc) is 2.48. The molecule has 2 nitrogen and oxygen atoms in total. The second-order valence-electron chi connectivity index (χ2n) is 4.70. The summed E-state index contributed by atoms with van der Waals surface area (Å²) in [6.07, 6.45) is 1.74. The van der Waals surface area contributed by atoms with E-state index in [2.05, 4.69) is 4.98 Å². The van der Waals surface area contributed by atoms with Gasteiger partial charge in [-0.15, -0.1) is 0 Å². The lowest BCUT2D eigenvalue weighted by atomic mass is 9.98. The number of rotatable bonds is 2. The number of aryl methyl sites for hydroxylation is 1. The Morgan fingerprint density at radius 2 is 1.95 bits per heavy atom. The van der Waals surface area contributed by atoms with Crippen molar-refractivity contribution in [2.45, 2.75) is 6.92 Å². The Bertz CT molecular complexity index is 811. The predicted molar refractivity (Wildman–Crippen MR) is 81.4 cm³/mol. The van der Waals surface area contributed by atoms with E-state index in [1.807, 2.05) is 37.3 Å². The number of nitrogens with zero attached hydrogens (tertiary/aromatic N) is 1. The maximum Gasteiger partial charge on any atom is 0.193 e. The van der Waals surface area contributed by atoms with Crippen LogP contribution in [0.1, 0.15) is 21.5 Å². The van der Waals surface area contributed by atoms with Gasteiger partial charge in [0, 0.05) is 27.7 Å². The Balaban J connectivity index is 2.10. The highest BCUT2D eigenvalue weighted by molar-refractivity contribution is 6.31. The van der Waals surface area contributed by atoms with E-state index in [1.165, 1.54) is 0 Å². The number of ketones is 1. The van der Waals surface area contributed by atoms with Gasteiger partial charge >= 0.3 is 0 Å². The number of pyridine rings is 1. The quantitative estimate of drug-likeness (QED) is 0.651. The van der Waals surface area contributed by atoms with Gasteiger partial charge in [0.15, 0.2) is 5.78 Å². The van der Waals surface area contributed by atoms with E-state index in [9.17, 15) is 4.79 Å². The molecule has 0 aliphatic rings. The van der Waals surface area contributed by atoms with Crippen molar-refractivity contribution in [3.63, 3.8) is 0 Å². The van der Waals surface area contributed by atoms with Crippen molar-refractivity contribution in [2.24, 2.45) is 0 Å². The third kappa shape index (κ3) is 2.30. The molecule has 0 saturated heterocycles. The minimum absolute atomic E-state index is 0.0178. The lowest BCUT2D eigenvalue weighted by molar-refractivity contribution is 0.103. The van der Waals surface area contributed by atoms with Crippen molar-refractivity contribution in [2.75, 3.05) is 0 Å². The Labute approximate surface area is 122 Å². The molecular weight excluding hydrogens is 270 g/mol. The zero-order valence-electron chi connectivity index (χ0n) is 10.9. The second kappa shape index (κ2) is 5.06. The van der Waals surface area contributed by atoms with Crippen LogP contribution in [-0.4, -0.2) is 10.8 Å². The van der Waals surface area contributed by atoms with E-state index in [1.54, 1.807) is 24.4 Å². The Morgan fingerprint density at radius 1 is 1.10 bits per heavy atom. The lowest BCUT2D eigenvalue weighted by Gasteiger charge is -2.06. The van der Waals surface area contributed by atoms with Gasteiger partial charge in [0.2, 0.25) is 0 Å². The first-order chi connectivity index (χ1) is 9.65. The van der Waals surface area contributed by atoms with Crippen LogP contribution in [0, 0.1) is 6.92 Å². The van der Waals surface area contributed by atoms with E-state index in [0.29, 0.717) is 16.1 Å². The van der Waals surface area contributed by atoms with Gasteiger partial charge in [-0.2, -0.15) is 0 Å². The summed E-state index contributed by atoms with van der Waals surface area (Å²) >= 11 is 5.98. The monoisotopic (exact) mass is 281 g/mol. The highest BCUT2D eigenvalue weighted by Crippen LogP contribution is 2.21. The third-order valence-electron chi connectivity index (χ3n) is 3.31. The molecule has 3 heteroatoms. The molecule has 0 bridgehead atoms. The van der Waals surface area contributed by atoms with E-state index in [-0.39, 0.29) is 5.78 Å². The van der Waals surface area contributed by atoms with Gasteiger partial charge in [0.25, 0.3) is 0 Å². The molecule has 0 N–H and O–H groups in total. The highest BCUT2D eigenvalue weighted by Gasteiger charge is 2.12. The van der Waals surface area contributed by atoms with Crippen LogP contribution in [0.25, 0.3) is 10.9 Å². The zero-order valence-corrected chi connectivity index (χ0v) is 11.7. The molecule has 3 rings (SSSR count). The van der Waals surface area contributed by atoms with Crippen molar-refractivity contribution in [3.05, 3.63) is 76.4 Å². The summed E-state index contributed by atoms with van der Waals surface area (Å²) in [5.41, 5.74) is 3.09. The van der Waals surface area contributed by atoms with Crippen LogP contribution in [-0.2, 0) is 0 Å². The zero-order chi connectivity index (χ0) is 14.1. The summed E-state index contributed by atoms with van der Waals surface area (Å²) in [5.74, 6) is -0.0178. The van der Waals surface area contributed by atoms with Crippen molar-refractivity contribution in [1.82, 2.24) is 4.98 Å². The van der Waals surface area contributed by atoms with Gasteiger partial charge in [-0.25, -0.2) is 0 Å². The molecule has 98 valence electrons. The van der Waals surface area contributed by atoms with Gasteiger partial charge in [-0.1, -0.05) is 23.7 Å². The first-order valence-corrected chi connectivity index (χ1v) is 6.68. The van der Waals surface area contributed by atoms with Crippen LogP contribution < -0.4 is 0 Å². The first kappa shape index (κ1) is 12.8. The molecule has 0 saturated carbocycles. The molecule has 0 aliphatic carbocycles. The maximum absolute atomic E-state index is 12.6. The summed E-state index contributed by atoms with van der Waals surface area (Å²) in [4.78, 5) is 16.8. The molecular formula is C17H12ClNO. The number of hydrogen-bond acceptors (Lipinski definition) is 2. The Hall–Kier alpha value is -2.19. The predicted octanol–water partition coefficient (Wildman–Crippen LogP) is 4.43. The lowest BCUT2D eigenvalue weighted by Crippen LogP contribution is -2.03. The second-order valence-corrected chi connectivity index (χ2v) is 5.14. The topological polar surface area (TPSA) is 30.0 Å². The van der Waals surface area contributed by atoms with Crippen LogP contribution in [0.4, 0.5) is 0 Å². The maximum atomic E-state index is 12.6. The van der Waals surface area contributed by atoms with E-state index >= 15 is 0 Å². The van der Waals surface area contributed by atoms with Crippen molar-refractivity contribution in [3.8, 4) is 0 Å². The van der Waals surface area contributed by atoms with Gasteiger partial charge in [-0.05, 0) is 48.9 Å². The van der Waals surface area contributed by atoms with E-state index in [4.69, 9.17) is 11.6 Å². The van der Waals surface area contributed by atoms with Crippen molar-refractivity contribution >= 4 is 28.3 Å². The van der Waals surface area contributed by atoms with Crippen LogP contribution >= 0.6 is 11.6 Å². The Kier molecular flexibility index (Phi) is 3.25. The molecule has 0 spiro atoms. The number of benzene rings is 2. The normalized spacial score (nSPS) is 10.7. The van der Waals surface area contributed by atoms with Crippen LogP contribution in [0.5, 0.6) is 0 Å². The number of carbonyl (C=O) groups is 1. The fraction of sp³-hybridized carbons (Fsp3) is 0.0588. The molecule has 0 atom stereocenters. The van der Waals surface area contributed by atoms with Gasteiger partial charge in [0.1, 0.15) is 0 Å². The van der Waals surface area contributed by atoms with Crippen LogP contribution in [0.15, 0.2) is 54.7 Å². The summed E-state index contributed by atoms with van der Waals surface area (Å²) in [6.45, 7) is 1.91. The van der Waals surface area contributed by atoms with Crippen LogP contribution in [0.3, 0.4) is 0 Å². The molecule has 1 aromatic heterocycles. The SMILES string of the molecule is Cc1ccc(Cl)cc1C(=O)c1ccc2ncccc2c1. The Morgan fingerprint density at radius 3 is 2.80 bits per heavy atom. The third-order valence-corrected chi connectivity index (χ3v) is 3.54. The summed E-state index contributed by atoms with van der Waals surface area (Å²) in [7, 11) is 0. The molecule has 2 aromatic carbocycles. The minimum Gasteiger partial charge on any atom is -0.289 e. The number of carbonyl (C=O) groups excluding carboxylic acids is 1.